The van der Waals surface area contributed by atoms with Gasteiger partial charge in [0, 0.05) is 24.7 Å². The van der Waals surface area contributed by atoms with Gasteiger partial charge in [0.2, 0.25) is 0 Å². The predicted molar refractivity (Wildman–Crippen MR) is 63.2 cm³/mol. The largest absolute Gasteiger partial charge is 0.311 e. The van der Waals surface area contributed by atoms with Crippen LogP contribution >= 0.6 is 0 Å². The minimum Gasteiger partial charge on any atom is -0.311 e. The van der Waals surface area contributed by atoms with Crippen LogP contribution < -0.4 is 5.32 Å². The molecule has 0 spiro atoms. The Balaban J connectivity index is 1.85. The Kier molecular flexibility index (Phi) is 3.31. The molecule has 1 fully saturated rings. The summed E-state index contributed by atoms with van der Waals surface area (Å²) >= 11 is 0. The minimum atomic E-state index is -0.387. The van der Waals surface area contributed by atoms with E-state index >= 15 is 0 Å². The highest BCUT2D eigenvalue weighted by Crippen LogP contribution is 2.18. The van der Waals surface area contributed by atoms with Crippen LogP contribution in [-0.2, 0) is 0 Å². The molecule has 2 rings (SSSR count). The Morgan fingerprint density at radius 3 is 2.62 bits per heavy atom. The van der Waals surface area contributed by atoms with Gasteiger partial charge in [0.25, 0.3) is 5.69 Å². The number of nitro benzene ring substituents is 1. The van der Waals surface area contributed by atoms with Gasteiger partial charge in [-0.15, -0.1) is 0 Å². The summed E-state index contributed by atoms with van der Waals surface area (Å²) in [6.07, 6.45) is 6.58. The highest BCUT2D eigenvalue weighted by molar-refractivity contribution is 5.51. The van der Waals surface area contributed by atoms with Crippen molar-refractivity contribution in [2.75, 3.05) is 6.54 Å². The molecule has 0 bridgehead atoms. The van der Waals surface area contributed by atoms with Gasteiger partial charge in [0.05, 0.1) is 4.92 Å². The molecule has 1 saturated carbocycles. The second-order valence-electron chi connectivity index (χ2n) is 3.93. The van der Waals surface area contributed by atoms with E-state index in [9.17, 15) is 10.1 Å². The summed E-state index contributed by atoms with van der Waals surface area (Å²) in [6, 6.07) is 7.26. The number of nitro groups is 1. The van der Waals surface area contributed by atoms with E-state index in [2.05, 4.69) is 5.32 Å². The first-order valence-electron chi connectivity index (χ1n) is 5.40. The van der Waals surface area contributed by atoms with Crippen molar-refractivity contribution >= 4 is 11.8 Å². The number of hydrogen-bond acceptors (Lipinski definition) is 3. The highest BCUT2D eigenvalue weighted by Gasteiger charge is 2.18. The zero-order chi connectivity index (χ0) is 11.4. The number of non-ortho nitro benzene ring substituents is 1. The molecule has 0 heterocycles. The summed E-state index contributed by atoms with van der Waals surface area (Å²) in [5.74, 6) is 0. The van der Waals surface area contributed by atoms with Gasteiger partial charge in [-0.2, -0.15) is 0 Å². The molecule has 0 atom stereocenters. The van der Waals surface area contributed by atoms with Gasteiger partial charge in [-0.25, -0.2) is 0 Å². The Morgan fingerprint density at radius 2 is 2.06 bits per heavy atom. The lowest BCUT2D eigenvalue weighted by atomic mass is 10.2. The molecule has 0 unspecified atom stereocenters. The molecule has 4 nitrogen and oxygen atoms in total. The molecule has 0 aliphatic heterocycles. The Hall–Kier alpha value is -1.68. The molecular weight excluding hydrogens is 204 g/mol. The standard InChI is InChI=1S/C12H14N2O2/c15-14(16)12-7-3-10(4-8-12)2-1-9-13-11-5-6-11/h1-4,7-8,11,13H,5-6,9H2. The van der Waals surface area contributed by atoms with Crippen LogP contribution in [0.15, 0.2) is 30.3 Å². The van der Waals surface area contributed by atoms with Crippen LogP contribution in [0.25, 0.3) is 6.08 Å². The second-order valence-corrected chi connectivity index (χ2v) is 3.93. The minimum absolute atomic E-state index is 0.133. The summed E-state index contributed by atoms with van der Waals surface area (Å²) in [4.78, 5) is 10.0. The molecule has 0 radical (unpaired) electrons. The quantitative estimate of drug-likeness (QED) is 0.609. The third kappa shape index (κ3) is 3.17. The van der Waals surface area contributed by atoms with Crippen molar-refractivity contribution in [1.29, 1.82) is 0 Å². The van der Waals surface area contributed by atoms with Crippen molar-refractivity contribution in [1.82, 2.24) is 5.32 Å². The van der Waals surface area contributed by atoms with Crippen molar-refractivity contribution in [3.05, 3.63) is 46.0 Å². The smallest absolute Gasteiger partial charge is 0.269 e. The highest BCUT2D eigenvalue weighted by atomic mass is 16.6. The first-order valence-corrected chi connectivity index (χ1v) is 5.40. The Bertz CT molecular complexity index is 394. The van der Waals surface area contributed by atoms with Gasteiger partial charge in [-0.3, -0.25) is 10.1 Å². The number of nitrogens with zero attached hydrogens (tertiary/aromatic N) is 1. The molecule has 0 amide bonds. The number of nitrogens with one attached hydrogen (secondary N) is 1. The average Bonchev–Trinajstić information content (AvgIpc) is 3.09. The van der Waals surface area contributed by atoms with Crippen LogP contribution in [0.1, 0.15) is 18.4 Å². The zero-order valence-corrected chi connectivity index (χ0v) is 8.93. The number of hydrogen-bond donors (Lipinski definition) is 1. The first-order chi connectivity index (χ1) is 7.75. The summed E-state index contributed by atoms with van der Waals surface area (Å²) in [5, 5.41) is 13.8. The van der Waals surface area contributed by atoms with Gasteiger partial charge in [-0.05, 0) is 30.5 Å². The van der Waals surface area contributed by atoms with Crippen molar-refractivity contribution in [2.24, 2.45) is 0 Å². The second kappa shape index (κ2) is 4.90. The van der Waals surface area contributed by atoms with Crippen LogP contribution in [0.4, 0.5) is 5.69 Å². The third-order valence-electron chi connectivity index (χ3n) is 2.52. The van der Waals surface area contributed by atoms with E-state index in [1.807, 2.05) is 12.2 Å². The van der Waals surface area contributed by atoms with E-state index in [4.69, 9.17) is 0 Å². The van der Waals surface area contributed by atoms with Gasteiger partial charge >= 0.3 is 0 Å². The molecule has 1 aromatic rings. The SMILES string of the molecule is O=[N+]([O-])c1ccc(C=CCNC2CC2)cc1. The van der Waals surface area contributed by atoms with Gasteiger partial charge in [0.1, 0.15) is 0 Å². The van der Waals surface area contributed by atoms with E-state index in [0.717, 1.165) is 12.1 Å². The molecular formula is C12H14N2O2. The topological polar surface area (TPSA) is 55.2 Å². The predicted octanol–water partition coefficient (Wildman–Crippen LogP) is 2.36. The lowest BCUT2D eigenvalue weighted by Crippen LogP contribution is -2.15. The summed E-state index contributed by atoms with van der Waals surface area (Å²) in [7, 11) is 0. The molecule has 0 saturated heterocycles. The van der Waals surface area contributed by atoms with Crippen LogP contribution in [0, 0.1) is 10.1 Å². The number of rotatable bonds is 5. The van der Waals surface area contributed by atoms with Crippen molar-refractivity contribution in [2.45, 2.75) is 18.9 Å². The van der Waals surface area contributed by atoms with Crippen LogP contribution in [0.2, 0.25) is 0 Å². The van der Waals surface area contributed by atoms with E-state index < -0.39 is 0 Å². The average molecular weight is 218 g/mol. The molecule has 1 aliphatic carbocycles. The zero-order valence-electron chi connectivity index (χ0n) is 8.93. The fraction of sp³-hybridized carbons (Fsp3) is 0.333. The molecule has 1 aromatic carbocycles. The summed E-state index contributed by atoms with van der Waals surface area (Å²) in [6.45, 7) is 0.863. The van der Waals surface area contributed by atoms with Crippen LogP contribution in [0.5, 0.6) is 0 Å². The van der Waals surface area contributed by atoms with Gasteiger partial charge < -0.3 is 5.32 Å². The van der Waals surface area contributed by atoms with Crippen LogP contribution in [-0.4, -0.2) is 17.5 Å². The van der Waals surface area contributed by atoms with Gasteiger partial charge in [0.15, 0.2) is 0 Å². The number of benzene rings is 1. The van der Waals surface area contributed by atoms with E-state index in [0.29, 0.717) is 6.04 Å². The molecule has 84 valence electrons. The van der Waals surface area contributed by atoms with E-state index in [-0.39, 0.29) is 10.6 Å². The lowest BCUT2D eigenvalue weighted by Gasteiger charge is -1.96. The fourth-order valence-corrected chi connectivity index (χ4v) is 1.42. The van der Waals surface area contributed by atoms with E-state index in [1.54, 1.807) is 12.1 Å². The fourth-order valence-electron chi connectivity index (χ4n) is 1.42. The maximum atomic E-state index is 10.4. The Morgan fingerprint density at radius 1 is 1.38 bits per heavy atom. The van der Waals surface area contributed by atoms with Crippen molar-refractivity contribution in [3.63, 3.8) is 0 Å². The molecule has 0 aromatic heterocycles. The third-order valence-corrected chi connectivity index (χ3v) is 2.52. The monoisotopic (exact) mass is 218 g/mol. The first kappa shape index (κ1) is 10.8. The lowest BCUT2D eigenvalue weighted by molar-refractivity contribution is -0.384. The van der Waals surface area contributed by atoms with Crippen molar-refractivity contribution in [3.8, 4) is 0 Å². The maximum Gasteiger partial charge on any atom is 0.269 e. The summed E-state index contributed by atoms with van der Waals surface area (Å²) in [5.41, 5.74) is 1.12. The Labute approximate surface area is 94.1 Å². The molecule has 1 N–H and O–H groups in total. The van der Waals surface area contributed by atoms with Crippen LogP contribution in [0.3, 0.4) is 0 Å². The van der Waals surface area contributed by atoms with E-state index in [1.165, 1.54) is 25.0 Å². The molecule has 1 aliphatic rings. The normalized spacial score (nSPS) is 15.5. The molecule has 16 heavy (non-hydrogen) atoms. The van der Waals surface area contributed by atoms with Crippen molar-refractivity contribution < 1.29 is 4.92 Å². The van der Waals surface area contributed by atoms with Gasteiger partial charge in [-0.1, -0.05) is 12.2 Å². The molecule has 4 heteroatoms. The maximum absolute atomic E-state index is 10.4. The summed E-state index contributed by atoms with van der Waals surface area (Å²) < 4.78 is 0.